The summed E-state index contributed by atoms with van der Waals surface area (Å²) < 4.78 is 19.9. The number of anilines is 2. The zero-order valence-electron chi connectivity index (χ0n) is 22.0. The van der Waals surface area contributed by atoms with E-state index in [4.69, 9.17) is 25.7 Å². The Balaban J connectivity index is 1.94. The van der Waals surface area contributed by atoms with Gasteiger partial charge in [0.15, 0.2) is 17.2 Å². The Morgan fingerprint density at radius 1 is 1.05 bits per heavy atom. The normalized spacial score (nSPS) is 11.6. The summed E-state index contributed by atoms with van der Waals surface area (Å²) in [4.78, 5) is 45.5. The smallest absolute Gasteiger partial charge is 0.273 e. The standard InChI is InChI=1S/C27H28N6O6S/c1-37-12-11-31-26(35)23(16-6-8-18-15(13-16)5-4-10-30-18)33(17-7-9-19(38-2)20(14-17)39-3)27(36)24-21(28)22(25(29)34)32-40-24/h4-10,13-14,23H,11-12,28H2,1-3H3,(H2,29,34)(H,31,35)/t23-/m0/s1. The van der Waals surface area contributed by atoms with Crippen molar-refractivity contribution < 1.29 is 28.6 Å². The molecule has 12 nitrogen and oxygen atoms in total. The first-order valence-electron chi connectivity index (χ1n) is 12.0. The van der Waals surface area contributed by atoms with Crippen LogP contribution in [0.15, 0.2) is 54.7 Å². The Kier molecular flexibility index (Phi) is 8.76. The van der Waals surface area contributed by atoms with Gasteiger partial charge in [-0.15, -0.1) is 0 Å². The van der Waals surface area contributed by atoms with Gasteiger partial charge in [-0.3, -0.25) is 24.3 Å². The fraction of sp³-hybridized carbons (Fsp3) is 0.222. The Morgan fingerprint density at radius 2 is 1.82 bits per heavy atom. The zero-order chi connectivity index (χ0) is 28.8. The van der Waals surface area contributed by atoms with E-state index in [1.165, 1.54) is 26.2 Å². The second kappa shape index (κ2) is 12.4. The number of ether oxygens (including phenoxy) is 3. The maximum atomic E-state index is 14.2. The molecule has 208 valence electrons. The minimum atomic E-state index is -1.19. The van der Waals surface area contributed by atoms with Crippen molar-refractivity contribution in [2.75, 3.05) is 45.1 Å². The highest BCUT2D eigenvalue weighted by Crippen LogP contribution is 2.38. The number of methoxy groups -OCH3 is 3. The van der Waals surface area contributed by atoms with E-state index < -0.39 is 23.8 Å². The number of aromatic nitrogens is 2. The van der Waals surface area contributed by atoms with Crippen LogP contribution in [0.4, 0.5) is 11.4 Å². The van der Waals surface area contributed by atoms with Gasteiger partial charge in [0.25, 0.3) is 11.8 Å². The number of carbonyl (C=O) groups is 3. The van der Waals surface area contributed by atoms with Crippen LogP contribution in [0.2, 0.25) is 0 Å². The highest BCUT2D eigenvalue weighted by molar-refractivity contribution is 7.09. The number of amides is 3. The minimum Gasteiger partial charge on any atom is -0.493 e. The van der Waals surface area contributed by atoms with E-state index in [9.17, 15) is 14.4 Å². The SMILES string of the molecule is COCCNC(=O)[C@H](c1ccc2ncccc2c1)N(C(=O)c1snc(C(N)=O)c1N)c1ccc(OC)c(OC)c1. The van der Waals surface area contributed by atoms with Gasteiger partial charge in [-0.2, -0.15) is 4.37 Å². The summed E-state index contributed by atoms with van der Waals surface area (Å²) in [6.45, 7) is 0.456. The first-order valence-corrected chi connectivity index (χ1v) is 12.8. The molecule has 1 atom stereocenters. The molecule has 2 aromatic carbocycles. The summed E-state index contributed by atoms with van der Waals surface area (Å²) in [5.74, 6) is -1.28. The lowest BCUT2D eigenvalue weighted by Crippen LogP contribution is -2.44. The van der Waals surface area contributed by atoms with E-state index in [-0.39, 0.29) is 29.4 Å². The number of hydrogen-bond donors (Lipinski definition) is 3. The van der Waals surface area contributed by atoms with Crippen LogP contribution in [-0.4, -0.2) is 61.6 Å². The third-order valence-corrected chi connectivity index (χ3v) is 6.93. The topological polar surface area (TPSA) is 172 Å². The van der Waals surface area contributed by atoms with Crippen molar-refractivity contribution in [1.29, 1.82) is 0 Å². The number of carbonyl (C=O) groups excluding carboxylic acids is 3. The monoisotopic (exact) mass is 564 g/mol. The first-order chi connectivity index (χ1) is 19.3. The van der Waals surface area contributed by atoms with E-state index in [2.05, 4.69) is 14.7 Å². The molecule has 40 heavy (non-hydrogen) atoms. The molecule has 0 aliphatic heterocycles. The number of primary amides is 1. The van der Waals surface area contributed by atoms with Crippen LogP contribution < -0.4 is 31.2 Å². The number of pyridine rings is 1. The molecular formula is C27H28N6O6S. The molecule has 2 heterocycles. The molecule has 13 heteroatoms. The number of nitrogen functional groups attached to an aromatic ring is 1. The highest BCUT2D eigenvalue weighted by atomic mass is 32.1. The largest absolute Gasteiger partial charge is 0.493 e. The number of fused-ring (bicyclic) bond motifs is 1. The van der Waals surface area contributed by atoms with E-state index >= 15 is 0 Å². The molecule has 2 aromatic heterocycles. The van der Waals surface area contributed by atoms with Crippen LogP contribution in [0.3, 0.4) is 0 Å². The van der Waals surface area contributed by atoms with E-state index in [1.807, 2.05) is 6.07 Å². The number of rotatable bonds is 11. The maximum absolute atomic E-state index is 14.2. The summed E-state index contributed by atoms with van der Waals surface area (Å²) in [5, 5.41) is 3.60. The molecule has 0 radical (unpaired) electrons. The summed E-state index contributed by atoms with van der Waals surface area (Å²) in [7, 11) is 4.46. The lowest BCUT2D eigenvalue weighted by molar-refractivity contribution is -0.122. The molecule has 0 aliphatic carbocycles. The van der Waals surface area contributed by atoms with Crippen LogP contribution in [0, 0.1) is 0 Å². The predicted octanol–water partition coefficient (Wildman–Crippen LogP) is 2.54. The first kappa shape index (κ1) is 28.3. The van der Waals surface area contributed by atoms with Gasteiger partial charge >= 0.3 is 0 Å². The van der Waals surface area contributed by atoms with Gasteiger partial charge in [0, 0.05) is 37.0 Å². The molecule has 4 rings (SSSR count). The third kappa shape index (κ3) is 5.65. The Hall–Kier alpha value is -4.75. The molecule has 0 fully saturated rings. The van der Waals surface area contributed by atoms with E-state index in [1.54, 1.807) is 48.7 Å². The van der Waals surface area contributed by atoms with Gasteiger partial charge in [0.2, 0.25) is 5.91 Å². The van der Waals surface area contributed by atoms with Crippen molar-refractivity contribution in [3.05, 3.63) is 70.9 Å². The fourth-order valence-electron chi connectivity index (χ4n) is 4.15. The zero-order valence-corrected chi connectivity index (χ0v) is 22.9. The predicted molar refractivity (Wildman–Crippen MR) is 151 cm³/mol. The highest BCUT2D eigenvalue weighted by Gasteiger charge is 2.36. The number of benzene rings is 2. The van der Waals surface area contributed by atoms with Crippen LogP contribution in [0.1, 0.15) is 31.8 Å². The molecule has 0 saturated carbocycles. The number of nitrogens with one attached hydrogen (secondary N) is 1. The third-order valence-electron chi connectivity index (χ3n) is 6.07. The molecule has 0 bridgehead atoms. The molecule has 0 spiro atoms. The lowest BCUT2D eigenvalue weighted by Gasteiger charge is -2.31. The summed E-state index contributed by atoms with van der Waals surface area (Å²) in [6.07, 6.45) is 1.67. The molecule has 4 aromatic rings. The van der Waals surface area contributed by atoms with Gasteiger partial charge in [0.1, 0.15) is 10.9 Å². The molecule has 5 N–H and O–H groups in total. The summed E-state index contributed by atoms with van der Waals surface area (Å²) in [6, 6.07) is 12.5. The molecule has 3 amide bonds. The maximum Gasteiger partial charge on any atom is 0.273 e. The molecular weight excluding hydrogens is 536 g/mol. The van der Waals surface area contributed by atoms with Crippen LogP contribution in [0.25, 0.3) is 10.9 Å². The van der Waals surface area contributed by atoms with Crippen LogP contribution >= 0.6 is 11.5 Å². The van der Waals surface area contributed by atoms with Gasteiger partial charge in [-0.1, -0.05) is 12.1 Å². The fourth-order valence-corrected chi connectivity index (χ4v) is 4.89. The van der Waals surface area contributed by atoms with Crippen molar-refractivity contribution in [2.24, 2.45) is 5.73 Å². The van der Waals surface area contributed by atoms with Crippen LogP contribution in [0.5, 0.6) is 11.5 Å². The number of hydrogen-bond acceptors (Lipinski definition) is 10. The Labute approximate surface area is 234 Å². The number of nitrogens with two attached hydrogens (primary N) is 2. The average Bonchev–Trinajstić information content (AvgIpc) is 3.36. The Bertz CT molecular complexity index is 1560. The van der Waals surface area contributed by atoms with Gasteiger partial charge in [0.05, 0.1) is 32.0 Å². The van der Waals surface area contributed by atoms with Crippen molar-refractivity contribution in [2.45, 2.75) is 6.04 Å². The second-order valence-corrected chi connectivity index (χ2v) is 9.27. The lowest BCUT2D eigenvalue weighted by atomic mass is 10.00. The van der Waals surface area contributed by atoms with Gasteiger partial charge < -0.3 is 31.0 Å². The quantitative estimate of drug-likeness (QED) is 0.231. The molecule has 0 aliphatic rings. The number of nitrogens with zero attached hydrogens (tertiary/aromatic N) is 3. The van der Waals surface area contributed by atoms with Gasteiger partial charge in [-0.25, -0.2) is 0 Å². The van der Waals surface area contributed by atoms with Gasteiger partial charge in [-0.05, 0) is 47.4 Å². The Morgan fingerprint density at radius 3 is 2.50 bits per heavy atom. The average molecular weight is 565 g/mol. The van der Waals surface area contributed by atoms with Crippen molar-refractivity contribution in [1.82, 2.24) is 14.7 Å². The van der Waals surface area contributed by atoms with Crippen molar-refractivity contribution in [3.63, 3.8) is 0 Å². The molecule has 0 unspecified atom stereocenters. The minimum absolute atomic E-state index is 0.0549. The van der Waals surface area contributed by atoms with E-state index in [0.717, 1.165) is 5.39 Å². The summed E-state index contributed by atoms with van der Waals surface area (Å²) in [5.41, 5.74) is 12.6. The van der Waals surface area contributed by atoms with E-state index in [0.29, 0.717) is 39.8 Å². The van der Waals surface area contributed by atoms with Crippen LogP contribution in [-0.2, 0) is 9.53 Å². The summed E-state index contributed by atoms with van der Waals surface area (Å²) >= 11 is 0.717. The second-order valence-electron chi connectivity index (χ2n) is 8.49. The van der Waals surface area contributed by atoms with Crippen molar-refractivity contribution >= 4 is 51.5 Å². The molecule has 0 saturated heterocycles. The van der Waals surface area contributed by atoms with Crippen molar-refractivity contribution in [3.8, 4) is 11.5 Å².